The zero-order chi connectivity index (χ0) is 24.0. The standard InChI is InChI=1S/C20H38F3N7O3/c1-4-28(5-2)19(31)30-10-8-29(9-11-30)17-25-16(24-12-15-7-6-14(3)33-15)26-18(27-17)32-13-20(21,22)23/h14-18,24-27H,4-13H2,1-3H3. The second kappa shape index (κ2) is 12.0. The maximum atomic E-state index is 12.7. The predicted octanol–water partition coefficient (Wildman–Crippen LogP) is 0.435. The lowest BCUT2D eigenvalue weighted by atomic mass is 10.2. The van der Waals surface area contributed by atoms with Crippen molar-refractivity contribution in [3.05, 3.63) is 0 Å². The molecule has 0 radical (unpaired) electrons. The molecule has 0 aromatic rings. The molecular formula is C20H38F3N7O3. The van der Waals surface area contributed by atoms with Crippen LogP contribution in [-0.2, 0) is 9.47 Å². The third-order valence-electron chi connectivity index (χ3n) is 6.22. The Morgan fingerprint density at radius 3 is 2.39 bits per heavy atom. The zero-order valence-corrected chi connectivity index (χ0v) is 19.7. The van der Waals surface area contributed by atoms with Crippen LogP contribution in [0.3, 0.4) is 0 Å². The van der Waals surface area contributed by atoms with Crippen LogP contribution in [0.4, 0.5) is 18.0 Å². The summed E-state index contributed by atoms with van der Waals surface area (Å²) in [6, 6.07) is 0.0163. The summed E-state index contributed by atoms with van der Waals surface area (Å²) in [5.41, 5.74) is 0. The molecule has 3 aliphatic heterocycles. The molecule has 3 aliphatic rings. The summed E-state index contributed by atoms with van der Waals surface area (Å²) >= 11 is 0. The van der Waals surface area contributed by atoms with Crippen LogP contribution in [0.5, 0.6) is 0 Å². The van der Waals surface area contributed by atoms with E-state index in [4.69, 9.17) is 9.47 Å². The first-order valence-electron chi connectivity index (χ1n) is 11.8. The molecule has 3 heterocycles. The molecule has 3 fully saturated rings. The highest BCUT2D eigenvalue weighted by Crippen LogP contribution is 2.19. The summed E-state index contributed by atoms with van der Waals surface area (Å²) in [5, 5.41) is 12.7. The minimum Gasteiger partial charge on any atom is -0.374 e. The predicted molar refractivity (Wildman–Crippen MR) is 116 cm³/mol. The quantitative estimate of drug-likeness (QED) is 0.397. The molecule has 3 saturated heterocycles. The Hall–Kier alpha value is -1.22. The van der Waals surface area contributed by atoms with Crippen molar-refractivity contribution in [3.8, 4) is 0 Å². The van der Waals surface area contributed by atoms with Gasteiger partial charge in [-0.15, -0.1) is 0 Å². The molecule has 0 spiro atoms. The molecule has 10 nitrogen and oxygen atoms in total. The largest absolute Gasteiger partial charge is 0.411 e. The summed E-state index contributed by atoms with van der Waals surface area (Å²) < 4.78 is 49.0. The molecule has 0 saturated carbocycles. The van der Waals surface area contributed by atoms with Crippen LogP contribution in [0.2, 0.25) is 0 Å². The van der Waals surface area contributed by atoms with E-state index in [0.717, 1.165) is 12.8 Å². The number of carbonyl (C=O) groups is 1. The first kappa shape index (κ1) is 26.4. The van der Waals surface area contributed by atoms with Gasteiger partial charge in [-0.2, -0.15) is 13.2 Å². The Labute approximate surface area is 193 Å². The molecule has 2 amide bonds. The molecule has 33 heavy (non-hydrogen) atoms. The number of carbonyl (C=O) groups excluding carboxylic acids is 1. The van der Waals surface area contributed by atoms with E-state index >= 15 is 0 Å². The topological polar surface area (TPSA) is 93.4 Å². The summed E-state index contributed by atoms with van der Waals surface area (Å²) in [6.07, 6.45) is -4.07. The Balaban J connectivity index is 1.55. The normalized spacial score (nSPS) is 31.7. The van der Waals surface area contributed by atoms with Crippen LogP contribution in [0.15, 0.2) is 0 Å². The van der Waals surface area contributed by atoms with Gasteiger partial charge in [-0.1, -0.05) is 0 Å². The van der Waals surface area contributed by atoms with E-state index in [1.807, 2.05) is 25.7 Å². The van der Waals surface area contributed by atoms with Crippen LogP contribution in [0.25, 0.3) is 0 Å². The SMILES string of the molecule is CCN(CC)C(=O)N1CCN(C2NC(NCC3CCC(C)O3)NC(OCC(F)(F)F)N2)CC1. The maximum Gasteiger partial charge on any atom is 0.411 e. The number of amides is 2. The fourth-order valence-electron chi connectivity index (χ4n) is 4.35. The molecule has 0 aromatic heterocycles. The van der Waals surface area contributed by atoms with E-state index in [2.05, 4.69) is 26.2 Å². The number of rotatable bonds is 8. The maximum absolute atomic E-state index is 12.7. The van der Waals surface area contributed by atoms with E-state index in [1.54, 1.807) is 4.90 Å². The van der Waals surface area contributed by atoms with Gasteiger partial charge in [-0.3, -0.25) is 26.2 Å². The van der Waals surface area contributed by atoms with Gasteiger partial charge in [0.25, 0.3) is 0 Å². The fraction of sp³-hybridized carbons (Fsp3) is 0.950. The lowest BCUT2D eigenvalue weighted by molar-refractivity contribution is -0.202. The van der Waals surface area contributed by atoms with Gasteiger partial charge in [0.05, 0.1) is 12.2 Å². The molecule has 0 aromatic carbocycles. The van der Waals surface area contributed by atoms with Gasteiger partial charge in [0.15, 0.2) is 6.35 Å². The number of halogens is 3. The average Bonchev–Trinajstić information content (AvgIpc) is 3.21. The Morgan fingerprint density at radius 2 is 1.82 bits per heavy atom. The number of nitrogens with one attached hydrogen (secondary N) is 4. The first-order chi connectivity index (χ1) is 15.7. The highest BCUT2D eigenvalue weighted by Gasteiger charge is 2.36. The van der Waals surface area contributed by atoms with Gasteiger partial charge >= 0.3 is 12.2 Å². The molecule has 4 N–H and O–H groups in total. The van der Waals surface area contributed by atoms with Crippen LogP contribution >= 0.6 is 0 Å². The molecule has 0 aliphatic carbocycles. The number of piperazine rings is 1. The minimum atomic E-state index is -4.42. The zero-order valence-electron chi connectivity index (χ0n) is 19.7. The van der Waals surface area contributed by atoms with Crippen molar-refractivity contribution in [1.29, 1.82) is 0 Å². The number of alkyl halides is 3. The smallest absolute Gasteiger partial charge is 0.374 e. The van der Waals surface area contributed by atoms with E-state index in [-0.39, 0.29) is 18.2 Å². The Bertz CT molecular complexity index is 618. The monoisotopic (exact) mass is 481 g/mol. The lowest BCUT2D eigenvalue weighted by Crippen LogP contribution is -2.76. The summed E-state index contributed by atoms with van der Waals surface area (Å²) in [7, 11) is 0. The average molecular weight is 482 g/mol. The Morgan fingerprint density at radius 1 is 1.12 bits per heavy atom. The summed E-state index contributed by atoms with van der Waals surface area (Å²) in [5.74, 6) is 0. The fourth-order valence-corrected chi connectivity index (χ4v) is 4.35. The molecule has 0 bridgehead atoms. The van der Waals surface area contributed by atoms with Crippen molar-refractivity contribution in [1.82, 2.24) is 36.0 Å². The van der Waals surface area contributed by atoms with Crippen molar-refractivity contribution in [2.24, 2.45) is 0 Å². The van der Waals surface area contributed by atoms with Crippen LogP contribution in [0, 0.1) is 0 Å². The van der Waals surface area contributed by atoms with E-state index < -0.39 is 31.7 Å². The second-order valence-electron chi connectivity index (χ2n) is 8.67. The van der Waals surface area contributed by atoms with Gasteiger partial charge in [0.2, 0.25) is 0 Å². The van der Waals surface area contributed by atoms with Gasteiger partial charge in [0.1, 0.15) is 19.2 Å². The van der Waals surface area contributed by atoms with Gasteiger partial charge in [0, 0.05) is 45.8 Å². The van der Waals surface area contributed by atoms with Crippen molar-refractivity contribution in [2.45, 2.75) is 70.9 Å². The molecule has 13 heteroatoms. The third-order valence-corrected chi connectivity index (χ3v) is 6.22. The Kier molecular flexibility index (Phi) is 9.56. The van der Waals surface area contributed by atoms with E-state index in [1.165, 1.54) is 0 Å². The number of hydrogen-bond donors (Lipinski definition) is 4. The number of nitrogens with zero attached hydrogens (tertiary/aromatic N) is 3. The van der Waals surface area contributed by atoms with Crippen molar-refractivity contribution in [2.75, 3.05) is 52.4 Å². The second-order valence-corrected chi connectivity index (χ2v) is 8.67. The minimum absolute atomic E-state index is 0.0163. The van der Waals surface area contributed by atoms with Gasteiger partial charge in [-0.25, -0.2) is 4.79 Å². The first-order valence-corrected chi connectivity index (χ1v) is 11.8. The molecular weight excluding hydrogens is 443 g/mol. The molecule has 5 atom stereocenters. The number of urea groups is 1. The van der Waals surface area contributed by atoms with Crippen LogP contribution in [-0.4, -0.2) is 110 Å². The van der Waals surface area contributed by atoms with E-state index in [9.17, 15) is 18.0 Å². The lowest BCUT2D eigenvalue weighted by Gasteiger charge is -2.46. The van der Waals surface area contributed by atoms with Crippen molar-refractivity contribution in [3.63, 3.8) is 0 Å². The highest BCUT2D eigenvalue weighted by molar-refractivity contribution is 5.74. The van der Waals surface area contributed by atoms with Gasteiger partial charge in [-0.05, 0) is 33.6 Å². The van der Waals surface area contributed by atoms with Crippen LogP contribution < -0.4 is 21.3 Å². The van der Waals surface area contributed by atoms with Crippen molar-refractivity contribution >= 4 is 6.03 Å². The molecule has 192 valence electrons. The third kappa shape index (κ3) is 7.91. The van der Waals surface area contributed by atoms with Gasteiger partial charge < -0.3 is 19.3 Å². The van der Waals surface area contributed by atoms with E-state index in [0.29, 0.717) is 45.8 Å². The summed E-state index contributed by atoms with van der Waals surface area (Å²) in [6.45, 7) is 8.71. The molecule has 3 rings (SSSR count). The molecule has 5 unspecified atom stereocenters. The highest BCUT2D eigenvalue weighted by atomic mass is 19.4. The number of hydrogen-bond acceptors (Lipinski definition) is 8. The van der Waals surface area contributed by atoms with Crippen LogP contribution in [0.1, 0.15) is 33.6 Å². The summed E-state index contributed by atoms with van der Waals surface area (Å²) in [4.78, 5) is 18.3. The number of ether oxygens (including phenoxy) is 2. The van der Waals surface area contributed by atoms with Crippen molar-refractivity contribution < 1.29 is 27.4 Å².